The number of amides is 1. The van der Waals surface area contributed by atoms with Crippen molar-refractivity contribution in [3.63, 3.8) is 0 Å². The van der Waals surface area contributed by atoms with Crippen molar-refractivity contribution >= 4 is 5.91 Å². The molecule has 0 aliphatic carbocycles. The maximum atomic E-state index is 12.7. The summed E-state index contributed by atoms with van der Waals surface area (Å²) in [5, 5.41) is 15.2. The Balaban J connectivity index is 1.85. The summed E-state index contributed by atoms with van der Waals surface area (Å²) in [7, 11) is 0. The first-order valence-electron chi connectivity index (χ1n) is 8.92. The Morgan fingerprint density at radius 1 is 1.32 bits per heavy atom. The van der Waals surface area contributed by atoms with Crippen LogP contribution in [0.2, 0.25) is 0 Å². The highest BCUT2D eigenvalue weighted by Crippen LogP contribution is 2.22. The first kappa shape index (κ1) is 17.5. The molecule has 7 nitrogen and oxygen atoms in total. The first-order chi connectivity index (χ1) is 12.0. The topological polar surface area (TPSA) is 84.7 Å². The fourth-order valence-electron chi connectivity index (χ4n) is 3.15. The van der Waals surface area contributed by atoms with Crippen LogP contribution in [0.4, 0.5) is 0 Å². The molecule has 2 N–H and O–H groups in total. The molecule has 1 atom stereocenters. The second-order valence-corrected chi connectivity index (χ2v) is 6.95. The van der Waals surface area contributed by atoms with E-state index in [1.807, 2.05) is 19.1 Å². The van der Waals surface area contributed by atoms with Crippen LogP contribution in [0.15, 0.2) is 18.2 Å². The summed E-state index contributed by atoms with van der Waals surface area (Å²) in [4.78, 5) is 17.0. The van der Waals surface area contributed by atoms with Gasteiger partial charge < -0.3 is 15.2 Å². The molecular weight excluding hydrogens is 316 g/mol. The van der Waals surface area contributed by atoms with Gasteiger partial charge in [-0.1, -0.05) is 19.9 Å². The highest BCUT2D eigenvalue weighted by molar-refractivity contribution is 5.92. The molecule has 0 saturated heterocycles. The highest BCUT2D eigenvalue weighted by Gasteiger charge is 2.25. The number of aromatic nitrogens is 4. The van der Waals surface area contributed by atoms with Gasteiger partial charge in [-0.3, -0.25) is 4.79 Å². The van der Waals surface area contributed by atoms with Gasteiger partial charge in [0.15, 0.2) is 5.82 Å². The van der Waals surface area contributed by atoms with E-state index in [1.54, 1.807) is 6.07 Å². The van der Waals surface area contributed by atoms with E-state index in [0.717, 1.165) is 49.8 Å². The van der Waals surface area contributed by atoms with E-state index < -0.39 is 0 Å². The predicted molar refractivity (Wildman–Crippen MR) is 95.2 cm³/mol. The van der Waals surface area contributed by atoms with E-state index in [9.17, 15) is 4.79 Å². The molecule has 1 unspecified atom stereocenters. The molecule has 3 rings (SSSR count). The van der Waals surface area contributed by atoms with Gasteiger partial charge in [0, 0.05) is 31.7 Å². The van der Waals surface area contributed by atoms with Gasteiger partial charge in [-0.2, -0.15) is 0 Å². The lowest BCUT2D eigenvalue weighted by atomic mass is 10.0. The van der Waals surface area contributed by atoms with Crippen molar-refractivity contribution in [1.29, 1.82) is 0 Å². The van der Waals surface area contributed by atoms with Crippen LogP contribution in [0.5, 0.6) is 0 Å². The Hall–Kier alpha value is -2.28. The normalized spacial score (nSPS) is 15.5. The Morgan fingerprint density at radius 3 is 2.92 bits per heavy atom. The van der Waals surface area contributed by atoms with E-state index in [1.165, 1.54) is 0 Å². The summed E-state index contributed by atoms with van der Waals surface area (Å²) in [6.07, 6.45) is 1.66. The highest BCUT2D eigenvalue weighted by atomic mass is 16.2. The zero-order chi connectivity index (χ0) is 17.8. The first-order valence-corrected chi connectivity index (χ1v) is 8.92. The third-order valence-corrected chi connectivity index (χ3v) is 4.34. The summed E-state index contributed by atoms with van der Waals surface area (Å²) in [5.41, 5.74) is 1.27. The van der Waals surface area contributed by atoms with Crippen molar-refractivity contribution < 1.29 is 4.79 Å². The third kappa shape index (κ3) is 4.22. The average Bonchev–Trinajstić information content (AvgIpc) is 2.82. The molecule has 1 amide bonds. The summed E-state index contributed by atoms with van der Waals surface area (Å²) in [6.45, 7) is 8.79. The van der Waals surface area contributed by atoms with Crippen molar-refractivity contribution in [3.8, 4) is 0 Å². The minimum atomic E-state index is -0.172. The minimum Gasteiger partial charge on any atom is -0.341 e. The van der Waals surface area contributed by atoms with Gasteiger partial charge in [0.25, 0.3) is 5.91 Å². The predicted octanol–water partition coefficient (Wildman–Crippen LogP) is 1.64. The monoisotopic (exact) mass is 342 g/mol. The van der Waals surface area contributed by atoms with Crippen molar-refractivity contribution in [2.24, 2.45) is 5.92 Å². The van der Waals surface area contributed by atoms with Crippen LogP contribution in [0.1, 0.15) is 54.1 Å². The second-order valence-electron chi connectivity index (χ2n) is 6.95. The number of aryl methyl sites for hydroxylation is 1. The van der Waals surface area contributed by atoms with E-state index in [2.05, 4.69) is 44.2 Å². The van der Waals surface area contributed by atoms with Gasteiger partial charge in [-0.15, -0.1) is 10.2 Å². The van der Waals surface area contributed by atoms with E-state index in [4.69, 9.17) is 0 Å². The Kier molecular flexibility index (Phi) is 5.43. The number of fused-ring (bicyclic) bond motifs is 1. The van der Waals surface area contributed by atoms with Gasteiger partial charge >= 0.3 is 0 Å². The maximum absolute atomic E-state index is 12.7. The SMILES string of the molecule is Cc1cccc(C(=O)NC(CC(C)C)c2nnc3n2CCNCC3)n1. The summed E-state index contributed by atoms with van der Waals surface area (Å²) in [5.74, 6) is 2.08. The van der Waals surface area contributed by atoms with Crippen molar-refractivity contribution in [2.75, 3.05) is 13.1 Å². The van der Waals surface area contributed by atoms with Gasteiger partial charge in [-0.25, -0.2) is 4.98 Å². The molecule has 7 heteroatoms. The number of carbonyl (C=O) groups is 1. The fraction of sp³-hybridized carbons (Fsp3) is 0.556. The molecule has 0 bridgehead atoms. The number of carbonyl (C=O) groups excluding carboxylic acids is 1. The lowest BCUT2D eigenvalue weighted by Gasteiger charge is -2.21. The maximum Gasteiger partial charge on any atom is 0.270 e. The molecule has 134 valence electrons. The lowest BCUT2D eigenvalue weighted by molar-refractivity contribution is 0.0923. The molecule has 3 heterocycles. The Labute approximate surface area is 148 Å². The average molecular weight is 342 g/mol. The molecule has 1 aliphatic rings. The zero-order valence-electron chi connectivity index (χ0n) is 15.1. The smallest absolute Gasteiger partial charge is 0.270 e. The van der Waals surface area contributed by atoms with Crippen LogP contribution in [0.3, 0.4) is 0 Å². The van der Waals surface area contributed by atoms with E-state index in [0.29, 0.717) is 11.6 Å². The van der Waals surface area contributed by atoms with Crippen LogP contribution >= 0.6 is 0 Å². The molecular formula is C18H26N6O. The van der Waals surface area contributed by atoms with Crippen LogP contribution in [-0.2, 0) is 13.0 Å². The zero-order valence-corrected chi connectivity index (χ0v) is 15.1. The van der Waals surface area contributed by atoms with Gasteiger partial charge in [0.05, 0.1) is 6.04 Å². The van der Waals surface area contributed by atoms with Crippen molar-refractivity contribution in [2.45, 2.75) is 46.2 Å². The van der Waals surface area contributed by atoms with Crippen LogP contribution < -0.4 is 10.6 Å². The van der Waals surface area contributed by atoms with Gasteiger partial charge in [0.1, 0.15) is 11.5 Å². The quantitative estimate of drug-likeness (QED) is 0.863. The second kappa shape index (κ2) is 7.74. The minimum absolute atomic E-state index is 0.168. The third-order valence-electron chi connectivity index (χ3n) is 4.34. The molecule has 0 spiro atoms. The Morgan fingerprint density at radius 2 is 2.16 bits per heavy atom. The van der Waals surface area contributed by atoms with Gasteiger partial charge in [-0.05, 0) is 31.4 Å². The molecule has 25 heavy (non-hydrogen) atoms. The standard InChI is InChI=1S/C18H26N6O/c1-12(2)11-15(21-18(25)14-6-4-5-13(3)20-14)17-23-22-16-7-8-19-9-10-24(16)17/h4-6,12,15,19H,7-11H2,1-3H3,(H,21,25). The number of hydrogen-bond acceptors (Lipinski definition) is 5. The van der Waals surface area contributed by atoms with E-state index >= 15 is 0 Å². The van der Waals surface area contributed by atoms with Crippen molar-refractivity contribution in [1.82, 2.24) is 30.4 Å². The number of hydrogen-bond donors (Lipinski definition) is 2. The van der Waals surface area contributed by atoms with Gasteiger partial charge in [0.2, 0.25) is 0 Å². The molecule has 0 radical (unpaired) electrons. The number of pyridine rings is 1. The van der Waals surface area contributed by atoms with Crippen LogP contribution in [0.25, 0.3) is 0 Å². The summed E-state index contributed by atoms with van der Waals surface area (Å²) >= 11 is 0. The van der Waals surface area contributed by atoms with E-state index in [-0.39, 0.29) is 11.9 Å². The number of nitrogens with zero attached hydrogens (tertiary/aromatic N) is 4. The van der Waals surface area contributed by atoms with Crippen LogP contribution in [-0.4, -0.2) is 38.7 Å². The molecule has 0 saturated carbocycles. The van der Waals surface area contributed by atoms with Crippen molar-refractivity contribution in [3.05, 3.63) is 41.2 Å². The fourth-order valence-corrected chi connectivity index (χ4v) is 3.15. The summed E-state index contributed by atoms with van der Waals surface area (Å²) in [6, 6.07) is 5.30. The largest absolute Gasteiger partial charge is 0.341 e. The lowest BCUT2D eigenvalue weighted by Crippen LogP contribution is -2.32. The van der Waals surface area contributed by atoms with Crippen LogP contribution in [0, 0.1) is 12.8 Å². The molecule has 2 aromatic heterocycles. The summed E-state index contributed by atoms with van der Waals surface area (Å²) < 4.78 is 2.15. The Bertz CT molecular complexity index is 739. The molecule has 1 aliphatic heterocycles. The number of nitrogens with one attached hydrogen (secondary N) is 2. The number of rotatable bonds is 5. The molecule has 0 fully saturated rings. The molecule has 2 aromatic rings. The molecule has 0 aromatic carbocycles.